The summed E-state index contributed by atoms with van der Waals surface area (Å²) in [6.07, 6.45) is 1.25. The second kappa shape index (κ2) is 6.74. The molecule has 92 valence electrons. The Labute approximate surface area is 111 Å². The normalized spacial score (nSPS) is 15.4. The standard InChI is InChI=1S/C12H20BrNOS/c1-8(2)12(15-4)10(14-3)7-11-9(13)5-6-16-11/h5-6,8,10,12,14H,7H2,1-4H3. The molecular formula is C12H20BrNOS. The Bertz CT molecular complexity index is 314. The highest BCUT2D eigenvalue weighted by Gasteiger charge is 2.24. The maximum Gasteiger partial charge on any atom is 0.0750 e. The van der Waals surface area contributed by atoms with Crippen molar-refractivity contribution in [1.82, 2.24) is 5.32 Å². The van der Waals surface area contributed by atoms with E-state index in [-0.39, 0.29) is 6.10 Å². The Morgan fingerprint density at radius 1 is 1.50 bits per heavy atom. The smallest absolute Gasteiger partial charge is 0.0750 e. The van der Waals surface area contributed by atoms with Crippen molar-refractivity contribution in [3.63, 3.8) is 0 Å². The minimum atomic E-state index is 0.249. The van der Waals surface area contributed by atoms with Crippen LogP contribution in [0.25, 0.3) is 0 Å². The first-order valence-electron chi connectivity index (χ1n) is 5.52. The highest BCUT2D eigenvalue weighted by atomic mass is 79.9. The molecule has 0 aliphatic heterocycles. The van der Waals surface area contributed by atoms with E-state index in [1.807, 2.05) is 7.05 Å². The maximum absolute atomic E-state index is 5.58. The molecule has 2 unspecified atom stereocenters. The average Bonchev–Trinajstić information content (AvgIpc) is 2.63. The molecule has 0 aliphatic carbocycles. The fourth-order valence-electron chi connectivity index (χ4n) is 1.95. The van der Waals surface area contributed by atoms with Gasteiger partial charge in [-0.3, -0.25) is 0 Å². The predicted molar refractivity (Wildman–Crippen MR) is 74.2 cm³/mol. The lowest BCUT2D eigenvalue weighted by Gasteiger charge is -2.28. The molecule has 1 aromatic heterocycles. The van der Waals surface area contributed by atoms with Gasteiger partial charge in [0.15, 0.2) is 0 Å². The molecule has 0 spiro atoms. The quantitative estimate of drug-likeness (QED) is 0.870. The van der Waals surface area contributed by atoms with Crippen LogP contribution in [0, 0.1) is 5.92 Å². The number of halogens is 1. The summed E-state index contributed by atoms with van der Waals surface area (Å²) >= 11 is 5.36. The van der Waals surface area contributed by atoms with Crippen molar-refractivity contribution < 1.29 is 4.74 Å². The lowest BCUT2D eigenvalue weighted by Crippen LogP contribution is -2.43. The summed E-state index contributed by atoms with van der Waals surface area (Å²) in [7, 11) is 3.79. The predicted octanol–water partition coefficient (Wildman–Crippen LogP) is 3.31. The van der Waals surface area contributed by atoms with Crippen molar-refractivity contribution in [2.75, 3.05) is 14.2 Å². The third-order valence-corrected chi connectivity index (χ3v) is 4.74. The fourth-order valence-corrected chi connectivity index (χ4v) is 3.53. The molecule has 16 heavy (non-hydrogen) atoms. The summed E-state index contributed by atoms with van der Waals surface area (Å²) in [5.74, 6) is 0.515. The Balaban J connectivity index is 2.71. The van der Waals surface area contributed by atoms with Gasteiger partial charge in [-0.05, 0) is 40.3 Å². The van der Waals surface area contributed by atoms with Gasteiger partial charge in [0.05, 0.1) is 6.10 Å². The summed E-state index contributed by atoms with van der Waals surface area (Å²) in [5, 5.41) is 5.48. The zero-order valence-electron chi connectivity index (χ0n) is 10.3. The minimum Gasteiger partial charge on any atom is -0.380 e. The van der Waals surface area contributed by atoms with Crippen molar-refractivity contribution >= 4 is 27.3 Å². The number of thiophene rings is 1. The van der Waals surface area contributed by atoms with Crippen LogP contribution in [0.1, 0.15) is 18.7 Å². The molecule has 0 aromatic carbocycles. The van der Waals surface area contributed by atoms with Gasteiger partial charge >= 0.3 is 0 Å². The molecule has 0 saturated heterocycles. The summed E-state index contributed by atoms with van der Waals surface area (Å²) in [5.41, 5.74) is 0. The topological polar surface area (TPSA) is 21.3 Å². The molecule has 0 aliphatic rings. The number of ether oxygens (including phenoxy) is 1. The van der Waals surface area contributed by atoms with Crippen LogP contribution in [0.15, 0.2) is 15.9 Å². The number of hydrogen-bond donors (Lipinski definition) is 1. The van der Waals surface area contributed by atoms with E-state index in [2.05, 4.69) is 46.5 Å². The zero-order valence-corrected chi connectivity index (χ0v) is 12.7. The number of hydrogen-bond acceptors (Lipinski definition) is 3. The van der Waals surface area contributed by atoms with Gasteiger partial charge in [-0.2, -0.15) is 0 Å². The van der Waals surface area contributed by atoms with Crippen LogP contribution in [0.4, 0.5) is 0 Å². The summed E-state index contributed by atoms with van der Waals surface area (Å²) < 4.78 is 6.79. The molecule has 1 heterocycles. The van der Waals surface area contributed by atoms with Crippen LogP contribution in [0.3, 0.4) is 0 Å². The second-order valence-corrected chi connectivity index (χ2v) is 6.09. The van der Waals surface area contributed by atoms with Crippen LogP contribution >= 0.6 is 27.3 Å². The van der Waals surface area contributed by atoms with Crippen molar-refractivity contribution in [1.29, 1.82) is 0 Å². The molecule has 2 nitrogen and oxygen atoms in total. The molecule has 4 heteroatoms. The fraction of sp³-hybridized carbons (Fsp3) is 0.667. The van der Waals surface area contributed by atoms with Crippen LogP contribution < -0.4 is 5.32 Å². The Kier molecular flexibility index (Phi) is 5.97. The number of likely N-dealkylation sites (N-methyl/N-ethyl adjacent to an activating group) is 1. The number of methoxy groups -OCH3 is 1. The maximum atomic E-state index is 5.58. The molecule has 1 rings (SSSR count). The number of nitrogens with one attached hydrogen (secondary N) is 1. The lowest BCUT2D eigenvalue weighted by atomic mass is 9.96. The number of rotatable bonds is 6. The summed E-state index contributed by atoms with van der Waals surface area (Å²) in [6, 6.07) is 2.46. The molecule has 1 aromatic rings. The van der Waals surface area contributed by atoms with E-state index in [0.29, 0.717) is 12.0 Å². The molecule has 1 N–H and O–H groups in total. The first kappa shape index (κ1) is 14.2. The van der Waals surface area contributed by atoms with Gasteiger partial charge in [0.2, 0.25) is 0 Å². The van der Waals surface area contributed by atoms with E-state index in [1.165, 1.54) is 9.35 Å². The summed E-state index contributed by atoms with van der Waals surface area (Å²) in [6.45, 7) is 4.39. The summed E-state index contributed by atoms with van der Waals surface area (Å²) in [4.78, 5) is 1.38. The Morgan fingerprint density at radius 3 is 2.56 bits per heavy atom. The lowest BCUT2D eigenvalue weighted by molar-refractivity contribution is 0.0356. The Hall–Kier alpha value is 0.1000. The van der Waals surface area contributed by atoms with E-state index in [9.17, 15) is 0 Å². The van der Waals surface area contributed by atoms with E-state index in [1.54, 1.807) is 18.4 Å². The average molecular weight is 306 g/mol. The highest BCUT2D eigenvalue weighted by molar-refractivity contribution is 9.10. The third-order valence-electron chi connectivity index (χ3n) is 2.79. The molecular weight excluding hydrogens is 286 g/mol. The van der Waals surface area contributed by atoms with Gasteiger partial charge in [-0.15, -0.1) is 11.3 Å². The molecule has 2 atom stereocenters. The van der Waals surface area contributed by atoms with E-state index >= 15 is 0 Å². The molecule has 0 fully saturated rings. The second-order valence-electron chi connectivity index (χ2n) is 4.24. The van der Waals surface area contributed by atoms with Gasteiger partial charge in [-0.25, -0.2) is 0 Å². The van der Waals surface area contributed by atoms with Crippen LogP contribution in [-0.4, -0.2) is 26.3 Å². The van der Waals surface area contributed by atoms with E-state index in [4.69, 9.17) is 4.74 Å². The van der Waals surface area contributed by atoms with Gasteiger partial charge in [0.1, 0.15) is 0 Å². The van der Waals surface area contributed by atoms with Gasteiger partial charge in [0, 0.05) is 28.9 Å². The van der Waals surface area contributed by atoms with Crippen LogP contribution in [0.5, 0.6) is 0 Å². The minimum absolute atomic E-state index is 0.249. The van der Waals surface area contributed by atoms with Gasteiger partial charge in [0.25, 0.3) is 0 Å². The largest absolute Gasteiger partial charge is 0.380 e. The van der Waals surface area contributed by atoms with Gasteiger partial charge in [-0.1, -0.05) is 13.8 Å². The monoisotopic (exact) mass is 305 g/mol. The van der Waals surface area contributed by atoms with Crippen molar-refractivity contribution in [3.8, 4) is 0 Å². The SMILES string of the molecule is CNC(Cc1sccc1Br)C(OC)C(C)C. The zero-order chi connectivity index (χ0) is 12.1. The first-order chi connectivity index (χ1) is 7.60. The van der Waals surface area contributed by atoms with Crippen molar-refractivity contribution in [2.24, 2.45) is 5.92 Å². The molecule has 0 bridgehead atoms. The van der Waals surface area contributed by atoms with E-state index in [0.717, 1.165) is 6.42 Å². The van der Waals surface area contributed by atoms with E-state index < -0.39 is 0 Å². The van der Waals surface area contributed by atoms with Crippen LogP contribution in [-0.2, 0) is 11.2 Å². The van der Waals surface area contributed by atoms with Gasteiger partial charge < -0.3 is 10.1 Å². The molecule has 0 saturated carbocycles. The first-order valence-corrected chi connectivity index (χ1v) is 7.19. The van der Waals surface area contributed by atoms with Crippen molar-refractivity contribution in [2.45, 2.75) is 32.4 Å². The third kappa shape index (κ3) is 3.55. The highest BCUT2D eigenvalue weighted by Crippen LogP contribution is 2.25. The van der Waals surface area contributed by atoms with Crippen molar-refractivity contribution in [3.05, 3.63) is 20.8 Å². The molecule has 0 radical (unpaired) electrons. The Morgan fingerprint density at radius 2 is 2.19 bits per heavy atom. The molecule has 0 amide bonds. The van der Waals surface area contributed by atoms with Crippen LogP contribution in [0.2, 0.25) is 0 Å².